The Morgan fingerprint density at radius 2 is 2.25 bits per heavy atom. The third-order valence-corrected chi connectivity index (χ3v) is 2.48. The first-order chi connectivity index (χ1) is 7.45. The summed E-state index contributed by atoms with van der Waals surface area (Å²) in [6.07, 6.45) is -1.98. The Labute approximate surface area is 99.8 Å². The van der Waals surface area contributed by atoms with Gasteiger partial charge < -0.3 is 14.9 Å². The average Bonchev–Trinajstić information content (AvgIpc) is 2.21. The standard InChI is InChI=1S/C10H10BrFO4/c1-16-9-3-5(11)2-7(12)6(9)4-8(13)10(14)15/h2-3,8,13H,4H2,1H3,(H,14,15). The van der Waals surface area contributed by atoms with Gasteiger partial charge in [-0.2, -0.15) is 0 Å². The summed E-state index contributed by atoms with van der Waals surface area (Å²) in [5.41, 5.74) is 0.0422. The first-order valence-corrected chi connectivity index (χ1v) is 5.17. The van der Waals surface area contributed by atoms with Crippen LogP contribution in [0.5, 0.6) is 5.75 Å². The Balaban J connectivity index is 3.07. The monoisotopic (exact) mass is 292 g/mol. The maximum Gasteiger partial charge on any atom is 0.332 e. The Bertz CT molecular complexity index is 408. The molecule has 0 aliphatic carbocycles. The Morgan fingerprint density at radius 1 is 1.62 bits per heavy atom. The zero-order valence-corrected chi connectivity index (χ0v) is 9.99. The molecule has 0 heterocycles. The van der Waals surface area contributed by atoms with Gasteiger partial charge in [-0.25, -0.2) is 9.18 Å². The van der Waals surface area contributed by atoms with Crippen LogP contribution in [0.3, 0.4) is 0 Å². The SMILES string of the molecule is COc1cc(Br)cc(F)c1CC(O)C(=O)O. The van der Waals surface area contributed by atoms with Crippen LogP contribution in [0.25, 0.3) is 0 Å². The van der Waals surface area contributed by atoms with E-state index in [2.05, 4.69) is 15.9 Å². The van der Waals surface area contributed by atoms with Crippen molar-refractivity contribution in [3.63, 3.8) is 0 Å². The van der Waals surface area contributed by atoms with E-state index in [4.69, 9.17) is 14.9 Å². The topological polar surface area (TPSA) is 66.8 Å². The summed E-state index contributed by atoms with van der Waals surface area (Å²) in [5, 5.41) is 17.7. The molecule has 16 heavy (non-hydrogen) atoms. The van der Waals surface area contributed by atoms with Gasteiger partial charge in [0.25, 0.3) is 0 Å². The molecule has 0 aliphatic heterocycles. The summed E-state index contributed by atoms with van der Waals surface area (Å²) in [6, 6.07) is 2.69. The van der Waals surface area contributed by atoms with E-state index < -0.39 is 17.9 Å². The molecule has 4 nitrogen and oxygen atoms in total. The van der Waals surface area contributed by atoms with Gasteiger partial charge in [0.15, 0.2) is 6.10 Å². The van der Waals surface area contributed by atoms with E-state index >= 15 is 0 Å². The van der Waals surface area contributed by atoms with Crippen LogP contribution in [-0.2, 0) is 11.2 Å². The number of halogens is 2. The fourth-order valence-corrected chi connectivity index (χ4v) is 1.65. The molecule has 0 amide bonds. The molecule has 0 saturated carbocycles. The first kappa shape index (κ1) is 12.9. The maximum absolute atomic E-state index is 13.5. The normalized spacial score (nSPS) is 12.2. The van der Waals surface area contributed by atoms with Crippen molar-refractivity contribution in [2.75, 3.05) is 7.11 Å². The molecule has 0 saturated heterocycles. The third kappa shape index (κ3) is 2.93. The smallest absolute Gasteiger partial charge is 0.332 e. The summed E-state index contributed by atoms with van der Waals surface area (Å²) in [4.78, 5) is 10.5. The molecular weight excluding hydrogens is 283 g/mol. The van der Waals surface area contributed by atoms with Crippen molar-refractivity contribution in [2.45, 2.75) is 12.5 Å². The molecule has 0 bridgehead atoms. The summed E-state index contributed by atoms with van der Waals surface area (Å²) >= 11 is 3.08. The van der Waals surface area contributed by atoms with Crippen LogP contribution in [0.1, 0.15) is 5.56 Å². The van der Waals surface area contributed by atoms with Crippen LogP contribution in [0.15, 0.2) is 16.6 Å². The van der Waals surface area contributed by atoms with E-state index in [1.165, 1.54) is 19.2 Å². The molecule has 1 rings (SSSR count). The lowest BCUT2D eigenvalue weighted by Crippen LogP contribution is -2.22. The minimum absolute atomic E-state index is 0.0422. The lowest BCUT2D eigenvalue weighted by molar-refractivity contribution is -0.146. The zero-order valence-electron chi connectivity index (χ0n) is 8.41. The lowest BCUT2D eigenvalue weighted by Gasteiger charge is -2.12. The number of ether oxygens (including phenoxy) is 1. The predicted molar refractivity (Wildman–Crippen MR) is 58.0 cm³/mol. The van der Waals surface area contributed by atoms with Crippen molar-refractivity contribution < 1.29 is 24.1 Å². The molecule has 0 aromatic heterocycles. The number of hydrogen-bond donors (Lipinski definition) is 2. The molecule has 0 aliphatic rings. The molecule has 1 unspecified atom stereocenters. The van der Waals surface area contributed by atoms with Crippen LogP contribution in [-0.4, -0.2) is 29.4 Å². The number of rotatable bonds is 4. The lowest BCUT2D eigenvalue weighted by atomic mass is 10.1. The van der Waals surface area contributed by atoms with E-state index in [0.29, 0.717) is 4.47 Å². The first-order valence-electron chi connectivity index (χ1n) is 4.38. The third-order valence-electron chi connectivity index (χ3n) is 2.02. The second kappa shape index (κ2) is 5.27. The van der Waals surface area contributed by atoms with Gasteiger partial charge in [-0.05, 0) is 12.1 Å². The Hall–Kier alpha value is -1.14. The van der Waals surface area contributed by atoms with Gasteiger partial charge in [-0.3, -0.25) is 0 Å². The molecule has 88 valence electrons. The van der Waals surface area contributed by atoms with Crippen LogP contribution >= 0.6 is 15.9 Å². The number of hydrogen-bond acceptors (Lipinski definition) is 3. The molecule has 1 aromatic carbocycles. The second-order valence-electron chi connectivity index (χ2n) is 3.13. The molecule has 6 heteroatoms. The number of aliphatic hydroxyl groups is 1. The van der Waals surface area contributed by atoms with E-state index in [1.807, 2.05) is 0 Å². The molecule has 0 radical (unpaired) electrons. The van der Waals surface area contributed by atoms with E-state index in [1.54, 1.807) is 0 Å². The number of carbonyl (C=O) groups is 1. The molecule has 1 atom stereocenters. The summed E-state index contributed by atoms with van der Waals surface area (Å²) in [6.45, 7) is 0. The maximum atomic E-state index is 13.5. The summed E-state index contributed by atoms with van der Waals surface area (Å²) in [5.74, 6) is -1.82. The average molecular weight is 293 g/mol. The minimum atomic E-state index is -1.65. The highest BCUT2D eigenvalue weighted by Gasteiger charge is 2.20. The highest BCUT2D eigenvalue weighted by atomic mass is 79.9. The number of carboxylic acids is 1. The largest absolute Gasteiger partial charge is 0.496 e. The molecule has 0 fully saturated rings. The van der Waals surface area contributed by atoms with Crippen molar-refractivity contribution >= 4 is 21.9 Å². The highest BCUT2D eigenvalue weighted by Crippen LogP contribution is 2.27. The van der Waals surface area contributed by atoms with Crippen LogP contribution < -0.4 is 4.74 Å². The quantitative estimate of drug-likeness (QED) is 0.884. The summed E-state index contributed by atoms with van der Waals surface area (Å²) in [7, 11) is 1.35. The predicted octanol–water partition coefficient (Wildman–Crippen LogP) is 1.58. The fraction of sp³-hybridized carbons (Fsp3) is 0.300. The van der Waals surface area contributed by atoms with Gasteiger partial charge in [0.1, 0.15) is 11.6 Å². The second-order valence-corrected chi connectivity index (χ2v) is 4.04. The van der Waals surface area contributed by atoms with Crippen molar-refractivity contribution in [3.05, 3.63) is 28.0 Å². The van der Waals surface area contributed by atoms with E-state index in [0.717, 1.165) is 0 Å². The number of aliphatic hydroxyl groups excluding tert-OH is 1. The van der Waals surface area contributed by atoms with Crippen molar-refractivity contribution in [3.8, 4) is 5.75 Å². The van der Waals surface area contributed by atoms with Crippen molar-refractivity contribution in [1.29, 1.82) is 0 Å². The van der Waals surface area contributed by atoms with Crippen LogP contribution in [0.2, 0.25) is 0 Å². The zero-order chi connectivity index (χ0) is 12.3. The van der Waals surface area contributed by atoms with Gasteiger partial charge >= 0.3 is 5.97 Å². The molecule has 1 aromatic rings. The van der Waals surface area contributed by atoms with Gasteiger partial charge in [0, 0.05) is 16.5 Å². The van der Waals surface area contributed by atoms with Crippen LogP contribution in [0, 0.1) is 5.82 Å². The summed E-state index contributed by atoms with van der Waals surface area (Å²) < 4.78 is 18.9. The van der Waals surface area contributed by atoms with Crippen molar-refractivity contribution in [2.24, 2.45) is 0 Å². The Morgan fingerprint density at radius 3 is 2.75 bits per heavy atom. The molecule has 2 N–H and O–H groups in total. The fourth-order valence-electron chi connectivity index (χ4n) is 1.24. The van der Waals surface area contributed by atoms with Crippen LogP contribution in [0.4, 0.5) is 4.39 Å². The van der Waals surface area contributed by atoms with Gasteiger partial charge in [-0.15, -0.1) is 0 Å². The van der Waals surface area contributed by atoms with E-state index in [-0.39, 0.29) is 17.7 Å². The number of methoxy groups -OCH3 is 1. The van der Waals surface area contributed by atoms with Crippen molar-refractivity contribution in [1.82, 2.24) is 0 Å². The molecule has 0 spiro atoms. The van der Waals surface area contributed by atoms with E-state index in [9.17, 15) is 9.18 Å². The molecular formula is C10H10BrFO4. The number of benzene rings is 1. The number of aliphatic carboxylic acids is 1. The van der Waals surface area contributed by atoms with Gasteiger partial charge in [0.2, 0.25) is 0 Å². The van der Waals surface area contributed by atoms with Gasteiger partial charge in [-0.1, -0.05) is 15.9 Å². The Kier molecular flexibility index (Phi) is 4.26. The van der Waals surface area contributed by atoms with Gasteiger partial charge in [0.05, 0.1) is 7.11 Å². The highest BCUT2D eigenvalue weighted by molar-refractivity contribution is 9.10. The number of carboxylic acid groups (broad SMARTS) is 1. The minimum Gasteiger partial charge on any atom is -0.496 e.